The molecule has 2 aromatic heterocycles. The van der Waals surface area contributed by atoms with Gasteiger partial charge in [0.25, 0.3) is 5.56 Å². The molecule has 25 heavy (non-hydrogen) atoms. The fourth-order valence-electron chi connectivity index (χ4n) is 3.10. The molecular formula is C20H19NO3S. The van der Waals surface area contributed by atoms with Crippen molar-refractivity contribution in [3.05, 3.63) is 57.7 Å². The number of nitrogens with zero attached hydrogens (tertiary/aromatic N) is 1. The number of pyridine rings is 1. The third kappa shape index (κ3) is 3.00. The molecule has 2 heterocycles. The quantitative estimate of drug-likeness (QED) is 0.642. The molecule has 0 amide bonds. The molecule has 0 aliphatic heterocycles. The number of hydrogen-bond acceptors (Lipinski definition) is 4. The molecule has 0 bridgehead atoms. The summed E-state index contributed by atoms with van der Waals surface area (Å²) >= 11 is 1.37. The highest BCUT2D eigenvalue weighted by Gasteiger charge is 2.26. The Bertz CT molecular complexity index is 983. The van der Waals surface area contributed by atoms with E-state index in [0.717, 1.165) is 27.9 Å². The van der Waals surface area contributed by atoms with Gasteiger partial charge in [-0.25, -0.2) is 4.79 Å². The molecule has 0 unspecified atom stereocenters. The van der Waals surface area contributed by atoms with Gasteiger partial charge in [-0.15, -0.1) is 11.3 Å². The van der Waals surface area contributed by atoms with Crippen molar-refractivity contribution >= 4 is 27.5 Å². The average molecular weight is 353 g/mol. The second-order valence-corrected chi connectivity index (χ2v) is 7.34. The molecule has 1 saturated carbocycles. The van der Waals surface area contributed by atoms with Crippen LogP contribution in [0, 0.1) is 5.92 Å². The van der Waals surface area contributed by atoms with Crippen molar-refractivity contribution < 1.29 is 9.53 Å². The van der Waals surface area contributed by atoms with Crippen LogP contribution in [-0.2, 0) is 11.3 Å². The van der Waals surface area contributed by atoms with Crippen LogP contribution >= 0.6 is 11.3 Å². The van der Waals surface area contributed by atoms with Crippen LogP contribution in [0.15, 0.2) is 47.3 Å². The van der Waals surface area contributed by atoms with Crippen LogP contribution in [0.2, 0.25) is 0 Å². The van der Waals surface area contributed by atoms with Gasteiger partial charge >= 0.3 is 5.97 Å². The number of fused-ring (bicyclic) bond motifs is 1. The Morgan fingerprint density at radius 1 is 1.20 bits per heavy atom. The summed E-state index contributed by atoms with van der Waals surface area (Å²) < 4.78 is 7.09. The molecule has 0 radical (unpaired) electrons. The van der Waals surface area contributed by atoms with E-state index in [9.17, 15) is 9.59 Å². The van der Waals surface area contributed by atoms with Crippen molar-refractivity contribution in [2.24, 2.45) is 5.92 Å². The van der Waals surface area contributed by atoms with Crippen molar-refractivity contribution in [2.75, 3.05) is 6.61 Å². The normalized spacial score (nSPS) is 14.0. The second-order valence-electron chi connectivity index (χ2n) is 6.34. The number of esters is 1. The molecule has 1 aromatic carbocycles. The van der Waals surface area contributed by atoms with Crippen LogP contribution in [0.5, 0.6) is 0 Å². The van der Waals surface area contributed by atoms with Crippen molar-refractivity contribution in [1.82, 2.24) is 4.57 Å². The lowest BCUT2D eigenvalue weighted by atomic mass is 10.0. The molecule has 128 valence electrons. The van der Waals surface area contributed by atoms with Gasteiger partial charge in [0.2, 0.25) is 0 Å². The predicted octanol–water partition coefficient (Wildman–Crippen LogP) is 4.32. The maximum absolute atomic E-state index is 12.5. The fraction of sp³-hybridized carbons (Fsp3) is 0.300. The molecular weight excluding hydrogens is 334 g/mol. The van der Waals surface area contributed by atoms with Gasteiger partial charge < -0.3 is 4.74 Å². The number of rotatable bonds is 5. The first kappa shape index (κ1) is 16.1. The van der Waals surface area contributed by atoms with Crippen LogP contribution in [-0.4, -0.2) is 17.1 Å². The van der Waals surface area contributed by atoms with Crippen LogP contribution in [0.3, 0.4) is 0 Å². The van der Waals surface area contributed by atoms with Crippen LogP contribution < -0.4 is 5.56 Å². The lowest BCUT2D eigenvalue weighted by Crippen LogP contribution is -2.19. The minimum absolute atomic E-state index is 0.00401. The fourth-order valence-corrected chi connectivity index (χ4v) is 4.32. The lowest BCUT2D eigenvalue weighted by molar-refractivity contribution is 0.0533. The number of thiophene rings is 1. The summed E-state index contributed by atoms with van der Waals surface area (Å²) in [6.45, 7) is 2.86. The van der Waals surface area contributed by atoms with E-state index in [1.54, 1.807) is 13.0 Å². The molecule has 4 nitrogen and oxygen atoms in total. The maximum Gasteiger partial charge on any atom is 0.349 e. The van der Waals surface area contributed by atoms with Crippen molar-refractivity contribution in [2.45, 2.75) is 26.3 Å². The number of ether oxygens (including phenoxy) is 1. The monoisotopic (exact) mass is 353 g/mol. The van der Waals surface area contributed by atoms with Gasteiger partial charge in [-0.1, -0.05) is 30.3 Å². The molecule has 0 atom stereocenters. The standard InChI is InChI=1S/C20H19NO3S/c1-2-24-20(23)18-17(14-6-4-3-5-7-14)15-10-11-16(22)21(19(15)25-18)12-13-8-9-13/h3-7,10-11,13H,2,8-9,12H2,1H3. The summed E-state index contributed by atoms with van der Waals surface area (Å²) in [5.41, 5.74) is 1.83. The predicted molar refractivity (Wildman–Crippen MR) is 100 cm³/mol. The largest absolute Gasteiger partial charge is 0.462 e. The zero-order valence-electron chi connectivity index (χ0n) is 14.0. The van der Waals surface area contributed by atoms with E-state index < -0.39 is 0 Å². The minimum atomic E-state index is -0.326. The summed E-state index contributed by atoms with van der Waals surface area (Å²) in [6.07, 6.45) is 2.34. The van der Waals surface area contributed by atoms with E-state index in [-0.39, 0.29) is 11.5 Å². The van der Waals surface area contributed by atoms with Crippen LogP contribution in [0.1, 0.15) is 29.4 Å². The van der Waals surface area contributed by atoms with E-state index >= 15 is 0 Å². The van der Waals surface area contributed by atoms with Gasteiger partial charge in [-0.3, -0.25) is 9.36 Å². The summed E-state index contributed by atoms with van der Waals surface area (Å²) in [5, 5.41) is 0.944. The third-order valence-electron chi connectivity index (χ3n) is 4.49. The van der Waals surface area contributed by atoms with E-state index in [1.807, 2.05) is 41.0 Å². The number of carbonyl (C=O) groups excluding carboxylic acids is 1. The molecule has 1 fully saturated rings. The Hall–Kier alpha value is -2.40. The Morgan fingerprint density at radius 2 is 1.96 bits per heavy atom. The maximum atomic E-state index is 12.5. The third-order valence-corrected chi connectivity index (χ3v) is 5.70. The van der Waals surface area contributed by atoms with Gasteiger partial charge in [-0.05, 0) is 37.3 Å². The summed E-state index contributed by atoms with van der Waals surface area (Å²) in [5.74, 6) is 0.254. The van der Waals surface area contributed by atoms with Gasteiger partial charge in [0.05, 0.1) is 6.61 Å². The van der Waals surface area contributed by atoms with Crippen molar-refractivity contribution in [3.63, 3.8) is 0 Å². The number of aromatic nitrogens is 1. The van der Waals surface area contributed by atoms with E-state index in [2.05, 4.69) is 0 Å². The summed E-state index contributed by atoms with van der Waals surface area (Å²) in [7, 11) is 0. The van der Waals surface area contributed by atoms with E-state index in [0.29, 0.717) is 17.4 Å². The highest BCUT2D eigenvalue weighted by molar-refractivity contribution is 7.21. The smallest absolute Gasteiger partial charge is 0.349 e. The van der Waals surface area contributed by atoms with E-state index in [1.165, 1.54) is 24.2 Å². The van der Waals surface area contributed by atoms with Crippen molar-refractivity contribution in [3.8, 4) is 11.1 Å². The average Bonchev–Trinajstić information content (AvgIpc) is 3.36. The number of hydrogen-bond donors (Lipinski definition) is 0. The SMILES string of the molecule is CCOC(=O)c1sc2c(ccc(=O)n2CC2CC2)c1-c1ccccc1. The zero-order valence-corrected chi connectivity index (χ0v) is 14.8. The van der Waals surface area contributed by atoms with Gasteiger partial charge in [-0.2, -0.15) is 0 Å². The first-order valence-corrected chi connectivity index (χ1v) is 9.39. The van der Waals surface area contributed by atoms with Crippen molar-refractivity contribution in [1.29, 1.82) is 0 Å². The van der Waals surface area contributed by atoms with Gasteiger partial charge in [0, 0.05) is 23.6 Å². The molecule has 0 saturated heterocycles. The van der Waals surface area contributed by atoms with Gasteiger partial charge in [0.1, 0.15) is 9.71 Å². The van der Waals surface area contributed by atoms with Gasteiger partial charge in [0.15, 0.2) is 0 Å². The highest BCUT2D eigenvalue weighted by atomic mass is 32.1. The number of benzene rings is 1. The molecule has 3 aromatic rings. The summed E-state index contributed by atoms with van der Waals surface area (Å²) in [6, 6.07) is 13.3. The second kappa shape index (κ2) is 6.48. The minimum Gasteiger partial charge on any atom is -0.462 e. The molecule has 1 aliphatic carbocycles. The zero-order chi connectivity index (χ0) is 17.4. The van der Waals surface area contributed by atoms with E-state index in [4.69, 9.17) is 4.74 Å². The molecule has 1 aliphatic rings. The number of carbonyl (C=O) groups is 1. The topological polar surface area (TPSA) is 48.3 Å². The molecule has 4 rings (SSSR count). The molecule has 0 spiro atoms. The first-order chi connectivity index (χ1) is 12.2. The first-order valence-electron chi connectivity index (χ1n) is 8.58. The highest BCUT2D eigenvalue weighted by Crippen LogP contribution is 2.40. The Labute approximate surface area is 149 Å². The van der Waals surface area contributed by atoms with Crippen LogP contribution in [0.4, 0.5) is 0 Å². The lowest BCUT2D eigenvalue weighted by Gasteiger charge is -2.07. The Balaban J connectivity index is 1.98. The Morgan fingerprint density at radius 3 is 2.64 bits per heavy atom. The summed E-state index contributed by atoms with van der Waals surface area (Å²) in [4.78, 5) is 26.4. The molecule has 0 N–H and O–H groups in total. The van der Waals surface area contributed by atoms with Crippen LogP contribution in [0.25, 0.3) is 21.3 Å². The Kier molecular flexibility index (Phi) is 4.17. The molecule has 5 heteroatoms.